The fourth-order valence-corrected chi connectivity index (χ4v) is 1.58. The number of carboxylic acids is 1. The van der Waals surface area contributed by atoms with Crippen molar-refractivity contribution in [3.05, 3.63) is 41.7 Å². The molecule has 0 atom stereocenters. The SMILES string of the molecule is Cc1ccc(-c2ccc(C(=O)[O-])o2)cc1N(O)O. The van der Waals surface area contributed by atoms with Crippen LogP contribution in [-0.4, -0.2) is 16.4 Å². The number of hydrogen-bond donors (Lipinski definition) is 2. The lowest BCUT2D eigenvalue weighted by Gasteiger charge is -2.12. The number of aryl methyl sites for hydroxylation is 1. The highest BCUT2D eigenvalue weighted by atomic mass is 16.8. The third-order valence-electron chi connectivity index (χ3n) is 2.52. The Morgan fingerprint density at radius 3 is 2.56 bits per heavy atom. The van der Waals surface area contributed by atoms with Gasteiger partial charge in [-0.1, -0.05) is 12.1 Å². The molecule has 2 rings (SSSR count). The fourth-order valence-electron chi connectivity index (χ4n) is 1.58. The smallest absolute Gasteiger partial charge is 0.150 e. The van der Waals surface area contributed by atoms with E-state index in [1.54, 1.807) is 19.1 Å². The average Bonchev–Trinajstić information content (AvgIpc) is 2.78. The summed E-state index contributed by atoms with van der Waals surface area (Å²) in [5.74, 6) is -1.38. The van der Waals surface area contributed by atoms with Crippen LogP contribution < -0.4 is 10.3 Å². The topological polar surface area (TPSA) is 97.0 Å². The normalized spacial score (nSPS) is 10.4. The molecule has 2 N–H and O–H groups in total. The zero-order chi connectivity index (χ0) is 13.3. The highest BCUT2D eigenvalue weighted by molar-refractivity contribution is 5.83. The molecule has 0 saturated carbocycles. The summed E-state index contributed by atoms with van der Waals surface area (Å²) in [5.41, 5.74) is 1.35. The second-order valence-electron chi connectivity index (χ2n) is 3.74. The van der Waals surface area contributed by atoms with Crippen molar-refractivity contribution in [2.24, 2.45) is 0 Å². The van der Waals surface area contributed by atoms with E-state index >= 15 is 0 Å². The van der Waals surface area contributed by atoms with Crippen LogP contribution in [0, 0.1) is 6.92 Å². The molecule has 0 aliphatic rings. The molecule has 0 bridgehead atoms. The van der Waals surface area contributed by atoms with Crippen LogP contribution in [0.1, 0.15) is 16.1 Å². The summed E-state index contributed by atoms with van der Waals surface area (Å²) in [4.78, 5) is 10.6. The van der Waals surface area contributed by atoms with Gasteiger partial charge in [0.25, 0.3) is 0 Å². The second kappa shape index (κ2) is 4.52. The van der Waals surface area contributed by atoms with Gasteiger partial charge in [-0.2, -0.15) is 0 Å². The van der Waals surface area contributed by atoms with Gasteiger partial charge in [0.2, 0.25) is 0 Å². The van der Waals surface area contributed by atoms with Gasteiger partial charge in [0.1, 0.15) is 17.5 Å². The van der Waals surface area contributed by atoms with E-state index in [1.807, 2.05) is 0 Å². The Labute approximate surface area is 102 Å². The van der Waals surface area contributed by atoms with Crippen LogP contribution in [0.25, 0.3) is 11.3 Å². The van der Waals surface area contributed by atoms with E-state index in [2.05, 4.69) is 0 Å². The molecule has 0 radical (unpaired) electrons. The van der Waals surface area contributed by atoms with Crippen LogP contribution in [0.5, 0.6) is 0 Å². The van der Waals surface area contributed by atoms with Crippen LogP contribution in [0.4, 0.5) is 5.69 Å². The van der Waals surface area contributed by atoms with Crippen molar-refractivity contribution in [1.29, 1.82) is 0 Å². The summed E-state index contributed by atoms with van der Waals surface area (Å²) in [6.07, 6.45) is 0. The number of benzene rings is 1. The first-order valence-corrected chi connectivity index (χ1v) is 5.09. The molecule has 1 aromatic carbocycles. The molecule has 0 amide bonds. The minimum Gasteiger partial charge on any atom is -0.542 e. The number of rotatable bonds is 3. The van der Waals surface area contributed by atoms with Crippen LogP contribution in [-0.2, 0) is 0 Å². The second-order valence-corrected chi connectivity index (χ2v) is 3.74. The summed E-state index contributed by atoms with van der Waals surface area (Å²) >= 11 is 0. The number of nitrogens with zero attached hydrogens (tertiary/aromatic N) is 1. The van der Waals surface area contributed by atoms with E-state index in [1.165, 1.54) is 18.2 Å². The predicted octanol–water partition coefficient (Wildman–Crippen LogP) is 1.20. The molecule has 0 aliphatic carbocycles. The molecule has 0 saturated heterocycles. The quantitative estimate of drug-likeness (QED) is 0.792. The number of carbonyl (C=O) groups excluding carboxylic acids is 1. The Bertz CT molecular complexity index is 588. The molecule has 18 heavy (non-hydrogen) atoms. The van der Waals surface area contributed by atoms with Gasteiger partial charge >= 0.3 is 0 Å². The van der Waals surface area contributed by atoms with Crippen molar-refractivity contribution in [3.63, 3.8) is 0 Å². The molecule has 94 valence electrons. The standard InChI is InChI=1S/C12H11NO5/c1-7-2-3-8(6-9(7)13(16)17)10-4-5-11(18-10)12(14)15/h2-6,16-17H,1H3,(H,14,15)/p-1. The maximum atomic E-state index is 10.6. The Morgan fingerprint density at radius 2 is 2.00 bits per heavy atom. The molecule has 0 spiro atoms. The molecule has 6 heteroatoms. The predicted molar refractivity (Wildman–Crippen MR) is 59.3 cm³/mol. The lowest BCUT2D eigenvalue weighted by atomic mass is 10.1. The van der Waals surface area contributed by atoms with E-state index in [4.69, 9.17) is 14.8 Å². The van der Waals surface area contributed by atoms with E-state index < -0.39 is 5.97 Å². The van der Waals surface area contributed by atoms with Gasteiger partial charge in [-0.25, -0.2) is 0 Å². The molecule has 1 aromatic heterocycles. The van der Waals surface area contributed by atoms with Gasteiger partial charge in [-0.15, -0.1) is 5.23 Å². The van der Waals surface area contributed by atoms with Gasteiger partial charge in [0, 0.05) is 5.56 Å². The fraction of sp³-hybridized carbons (Fsp3) is 0.0833. The lowest BCUT2D eigenvalue weighted by molar-refractivity contribution is -0.257. The van der Waals surface area contributed by atoms with Gasteiger partial charge in [0.15, 0.2) is 0 Å². The number of carbonyl (C=O) groups is 1. The first kappa shape index (κ1) is 12.2. The Morgan fingerprint density at radius 1 is 1.28 bits per heavy atom. The zero-order valence-electron chi connectivity index (χ0n) is 9.45. The van der Waals surface area contributed by atoms with Crippen LogP contribution in [0.2, 0.25) is 0 Å². The summed E-state index contributed by atoms with van der Waals surface area (Å²) in [6, 6.07) is 7.55. The molecular formula is C12H10NO5-. The molecule has 2 aromatic rings. The molecule has 1 heterocycles. The zero-order valence-corrected chi connectivity index (χ0v) is 9.45. The minimum absolute atomic E-state index is 0.00142. The maximum absolute atomic E-state index is 10.6. The first-order valence-electron chi connectivity index (χ1n) is 5.09. The van der Waals surface area contributed by atoms with Crippen LogP contribution in [0.3, 0.4) is 0 Å². The number of hydrogen-bond acceptors (Lipinski definition) is 6. The molecule has 0 aliphatic heterocycles. The maximum Gasteiger partial charge on any atom is 0.150 e. The summed E-state index contributed by atoms with van der Waals surface area (Å²) < 4.78 is 5.06. The summed E-state index contributed by atoms with van der Waals surface area (Å²) in [6.45, 7) is 1.70. The first-order chi connectivity index (χ1) is 8.49. The summed E-state index contributed by atoms with van der Waals surface area (Å²) in [5, 5.41) is 28.6. The summed E-state index contributed by atoms with van der Waals surface area (Å²) in [7, 11) is 0. The monoisotopic (exact) mass is 248 g/mol. The van der Waals surface area contributed by atoms with Gasteiger partial charge in [0.05, 0.1) is 5.69 Å². The van der Waals surface area contributed by atoms with Crippen molar-refractivity contribution >= 4 is 11.7 Å². The molecule has 0 unspecified atom stereocenters. The third-order valence-corrected chi connectivity index (χ3v) is 2.52. The lowest BCUT2D eigenvalue weighted by Crippen LogP contribution is -2.21. The Kier molecular flexibility index (Phi) is 3.05. The molecular weight excluding hydrogens is 238 g/mol. The van der Waals surface area contributed by atoms with Gasteiger partial charge in [-0.3, -0.25) is 10.4 Å². The highest BCUT2D eigenvalue weighted by Crippen LogP contribution is 2.28. The van der Waals surface area contributed by atoms with Crippen molar-refractivity contribution in [2.45, 2.75) is 6.92 Å². The van der Waals surface area contributed by atoms with E-state index in [-0.39, 0.29) is 16.7 Å². The largest absolute Gasteiger partial charge is 0.542 e. The number of anilines is 1. The third kappa shape index (κ3) is 2.20. The highest BCUT2D eigenvalue weighted by Gasteiger charge is 2.10. The molecule has 6 nitrogen and oxygen atoms in total. The van der Waals surface area contributed by atoms with E-state index in [0.29, 0.717) is 16.9 Å². The Balaban J connectivity index is 2.44. The minimum atomic E-state index is -1.40. The van der Waals surface area contributed by atoms with Crippen LogP contribution >= 0.6 is 0 Å². The van der Waals surface area contributed by atoms with E-state index in [0.717, 1.165) is 0 Å². The van der Waals surface area contributed by atoms with Crippen LogP contribution in [0.15, 0.2) is 34.7 Å². The van der Waals surface area contributed by atoms with Crippen molar-refractivity contribution in [2.75, 3.05) is 5.23 Å². The van der Waals surface area contributed by atoms with Crippen molar-refractivity contribution in [3.8, 4) is 11.3 Å². The molecule has 0 fully saturated rings. The number of furan rings is 1. The van der Waals surface area contributed by atoms with Gasteiger partial charge < -0.3 is 14.3 Å². The van der Waals surface area contributed by atoms with Crippen molar-refractivity contribution in [1.82, 2.24) is 0 Å². The van der Waals surface area contributed by atoms with Crippen molar-refractivity contribution < 1.29 is 24.7 Å². The van der Waals surface area contributed by atoms with Gasteiger partial charge in [-0.05, 0) is 30.7 Å². The Hall–Kier alpha value is -2.31. The number of aromatic carboxylic acids is 1. The van der Waals surface area contributed by atoms with E-state index in [9.17, 15) is 9.90 Å². The number of carboxylic acid groups (broad SMARTS) is 1. The average molecular weight is 248 g/mol.